The molecule has 0 unspecified atom stereocenters. The fraction of sp³-hybridized carbons (Fsp3) is 0.316. The zero-order valence-electron chi connectivity index (χ0n) is 14.4. The Kier molecular flexibility index (Phi) is 7.60. The molecule has 0 aliphatic carbocycles. The summed E-state index contributed by atoms with van der Waals surface area (Å²) in [6, 6.07) is 13.2. The van der Waals surface area contributed by atoms with Crippen molar-refractivity contribution in [2.45, 2.75) is 19.4 Å². The second kappa shape index (κ2) is 9.93. The van der Waals surface area contributed by atoms with Gasteiger partial charge in [-0.05, 0) is 48.4 Å². The van der Waals surface area contributed by atoms with Crippen molar-refractivity contribution >= 4 is 21.8 Å². The van der Waals surface area contributed by atoms with E-state index in [1.54, 1.807) is 14.2 Å². The number of hydrogen-bond acceptors (Lipinski definition) is 4. The maximum absolute atomic E-state index is 11.9. The third-order valence-electron chi connectivity index (χ3n) is 3.57. The van der Waals surface area contributed by atoms with Gasteiger partial charge in [-0.2, -0.15) is 0 Å². The predicted octanol–water partition coefficient (Wildman–Crippen LogP) is 3.94. The fourth-order valence-electron chi connectivity index (χ4n) is 2.23. The smallest absolute Gasteiger partial charge is 0.220 e. The van der Waals surface area contributed by atoms with E-state index >= 15 is 0 Å². The van der Waals surface area contributed by atoms with Crippen molar-refractivity contribution < 1.29 is 19.0 Å². The predicted molar refractivity (Wildman–Crippen MR) is 100 cm³/mol. The van der Waals surface area contributed by atoms with E-state index in [0.717, 1.165) is 15.8 Å². The van der Waals surface area contributed by atoms with Crippen LogP contribution in [0.3, 0.4) is 0 Å². The average molecular weight is 408 g/mol. The van der Waals surface area contributed by atoms with Crippen LogP contribution < -0.4 is 19.5 Å². The topological polar surface area (TPSA) is 56.8 Å². The van der Waals surface area contributed by atoms with Crippen molar-refractivity contribution in [2.75, 3.05) is 20.8 Å². The minimum atomic E-state index is -0.00538. The van der Waals surface area contributed by atoms with Gasteiger partial charge in [-0.15, -0.1) is 0 Å². The van der Waals surface area contributed by atoms with Crippen molar-refractivity contribution in [1.29, 1.82) is 0 Å². The van der Waals surface area contributed by atoms with Gasteiger partial charge in [-0.25, -0.2) is 0 Å². The molecular weight excluding hydrogens is 386 g/mol. The second-order valence-electron chi connectivity index (χ2n) is 5.37. The molecule has 0 heterocycles. The van der Waals surface area contributed by atoms with Crippen LogP contribution in [0, 0.1) is 0 Å². The first-order valence-electron chi connectivity index (χ1n) is 7.98. The first kappa shape index (κ1) is 19.1. The highest BCUT2D eigenvalue weighted by Gasteiger charge is 2.06. The van der Waals surface area contributed by atoms with Crippen LogP contribution in [0.1, 0.15) is 18.4 Å². The maximum Gasteiger partial charge on any atom is 0.220 e. The fourth-order valence-corrected chi connectivity index (χ4v) is 2.50. The van der Waals surface area contributed by atoms with Crippen LogP contribution in [0.2, 0.25) is 0 Å². The minimum absolute atomic E-state index is 0.00538. The van der Waals surface area contributed by atoms with Gasteiger partial charge in [0.15, 0.2) is 11.5 Å². The number of hydrogen-bond donors (Lipinski definition) is 1. The number of rotatable bonds is 9. The molecule has 2 aromatic carbocycles. The van der Waals surface area contributed by atoms with E-state index in [0.29, 0.717) is 37.5 Å². The molecular formula is C19H22BrNO4. The van der Waals surface area contributed by atoms with Crippen molar-refractivity contribution in [3.63, 3.8) is 0 Å². The summed E-state index contributed by atoms with van der Waals surface area (Å²) >= 11 is 3.38. The second-order valence-corrected chi connectivity index (χ2v) is 6.29. The van der Waals surface area contributed by atoms with E-state index in [2.05, 4.69) is 21.2 Å². The van der Waals surface area contributed by atoms with Crippen molar-refractivity contribution in [1.82, 2.24) is 5.32 Å². The van der Waals surface area contributed by atoms with Crippen LogP contribution in [0.5, 0.6) is 17.2 Å². The van der Waals surface area contributed by atoms with Gasteiger partial charge in [-0.1, -0.05) is 22.0 Å². The van der Waals surface area contributed by atoms with Gasteiger partial charge in [0.2, 0.25) is 5.91 Å². The molecule has 1 N–H and O–H groups in total. The maximum atomic E-state index is 11.9. The lowest BCUT2D eigenvalue weighted by atomic mass is 10.2. The number of ether oxygens (including phenoxy) is 3. The molecule has 25 heavy (non-hydrogen) atoms. The molecule has 0 aliphatic heterocycles. The lowest BCUT2D eigenvalue weighted by Crippen LogP contribution is -2.23. The van der Waals surface area contributed by atoms with Crippen LogP contribution >= 0.6 is 15.9 Å². The number of amides is 1. The van der Waals surface area contributed by atoms with Crippen molar-refractivity contribution in [3.8, 4) is 17.2 Å². The van der Waals surface area contributed by atoms with Crippen LogP contribution in [-0.2, 0) is 11.3 Å². The SMILES string of the molecule is COc1ccc(CNC(=O)CCCOc2ccc(Br)cc2)cc1OC. The van der Waals surface area contributed by atoms with Crippen LogP contribution in [0.15, 0.2) is 46.9 Å². The van der Waals surface area contributed by atoms with Gasteiger partial charge in [0.05, 0.1) is 20.8 Å². The first-order chi connectivity index (χ1) is 12.1. The van der Waals surface area contributed by atoms with E-state index < -0.39 is 0 Å². The van der Waals surface area contributed by atoms with E-state index in [1.165, 1.54) is 0 Å². The van der Waals surface area contributed by atoms with Gasteiger partial charge in [0, 0.05) is 17.4 Å². The van der Waals surface area contributed by atoms with Gasteiger partial charge in [-0.3, -0.25) is 4.79 Å². The molecule has 0 saturated carbocycles. The summed E-state index contributed by atoms with van der Waals surface area (Å²) in [5.41, 5.74) is 0.956. The number of nitrogens with one attached hydrogen (secondary N) is 1. The quantitative estimate of drug-likeness (QED) is 0.639. The molecule has 0 radical (unpaired) electrons. The summed E-state index contributed by atoms with van der Waals surface area (Å²) < 4.78 is 17.1. The average Bonchev–Trinajstić information content (AvgIpc) is 2.64. The molecule has 0 fully saturated rings. The van der Waals surface area contributed by atoms with Gasteiger partial charge in [0.1, 0.15) is 5.75 Å². The Bertz CT molecular complexity index is 688. The third-order valence-corrected chi connectivity index (χ3v) is 4.10. The van der Waals surface area contributed by atoms with Gasteiger partial charge < -0.3 is 19.5 Å². The number of halogens is 1. The van der Waals surface area contributed by atoms with E-state index in [-0.39, 0.29) is 5.91 Å². The van der Waals surface area contributed by atoms with Crippen molar-refractivity contribution in [2.24, 2.45) is 0 Å². The Morgan fingerprint density at radius 3 is 2.44 bits per heavy atom. The lowest BCUT2D eigenvalue weighted by Gasteiger charge is -2.10. The molecule has 5 nitrogen and oxygen atoms in total. The Hall–Kier alpha value is -2.21. The molecule has 0 bridgehead atoms. The van der Waals surface area contributed by atoms with E-state index in [9.17, 15) is 4.79 Å². The first-order valence-corrected chi connectivity index (χ1v) is 8.77. The van der Waals surface area contributed by atoms with Crippen molar-refractivity contribution in [3.05, 3.63) is 52.5 Å². The van der Waals surface area contributed by atoms with Gasteiger partial charge in [0.25, 0.3) is 0 Å². The number of carbonyl (C=O) groups excluding carboxylic acids is 1. The molecule has 0 aromatic heterocycles. The Morgan fingerprint density at radius 2 is 1.76 bits per heavy atom. The molecule has 134 valence electrons. The van der Waals surface area contributed by atoms with Crippen LogP contribution in [0.4, 0.5) is 0 Å². The summed E-state index contributed by atoms with van der Waals surface area (Å²) in [7, 11) is 3.18. The Labute approximate surface area is 156 Å². The molecule has 0 aliphatic rings. The van der Waals surface area contributed by atoms with E-state index in [4.69, 9.17) is 14.2 Å². The molecule has 0 saturated heterocycles. The number of carbonyl (C=O) groups is 1. The molecule has 0 spiro atoms. The number of methoxy groups -OCH3 is 2. The Balaban J connectivity index is 1.69. The summed E-state index contributed by atoms with van der Waals surface area (Å²) in [4.78, 5) is 11.9. The minimum Gasteiger partial charge on any atom is -0.494 e. The summed E-state index contributed by atoms with van der Waals surface area (Å²) in [6.07, 6.45) is 1.08. The molecule has 2 aromatic rings. The zero-order chi connectivity index (χ0) is 18.1. The molecule has 6 heteroatoms. The number of benzene rings is 2. The van der Waals surface area contributed by atoms with Crippen LogP contribution in [0.25, 0.3) is 0 Å². The van der Waals surface area contributed by atoms with Gasteiger partial charge >= 0.3 is 0 Å². The molecule has 2 rings (SSSR count). The summed E-state index contributed by atoms with van der Waals surface area (Å²) in [6.45, 7) is 0.957. The highest BCUT2D eigenvalue weighted by atomic mass is 79.9. The van der Waals surface area contributed by atoms with E-state index in [1.807, 2.05) is 42.5 Å². The third kappa shape index (κ3) is 6.31. The standard InChI is InChI=1S/C19H22BrNO4/c1-23-17-10-5-14(12-18(17)24-2)13-21-19(22)4-3-11-25-16-8-6-15(20)7-9-16/h5-10,12H,3-4,11,13H2,1-2H3,(H,21,22). The molecule has 1 amide bonds. The lowest BCUT2D eigenvalue weighted by molar-refractivity contribution is -0.121. The largest absolute Gasteiger partial charge is 0.494 e. The monoisotopic (exact) mass is 407 g/mol. The van der Waals surface area contributed by atoms with Crippen LogP contribution in [-0.4, -0.2) is 26.7 Å². The normalized spacial score (nSPS) is 10.2. The zero-order valence-corrected chi connectivity index (χ0v) is 16.0. The highest BCUT2D eigenvalue weighted by Crippen LogP contribution is 2.27. The summed E-state index contributed by atoms with van der Waals surface area (Å²) in [5.74, 6) is 2.11. The summed E-state index contributed by atoms with van der Waals surface area (Å²) in [5, 5.41) is 2.90. The molecule has 0 atom stereocenters. The highest BCUT2D eigenvalue weighted by molar-refractivity contribution is 9.10. The Morgan fingerprint density at radius 1 is 1.04 bits per heavy atom.